The molecular formula is C15H16N2O4. The third-order valence-electron chi connectivity index (χ3n) is 3.96. The average molecular weight is 288 g/mol. The smallest absolute Gasteiger partial charge is 0.411 e. The summed E-state index contributed by atoms with van der Waals surface area (Å²) in [5, 5.41) is 2.27. The van der Waals surface area contributed by atoms with E-state index in [0.29, 0.717) is 13.0 Å². The van der Waals surface area contributed by atoms with E-state index < -0.39 is 18.0 Å². The Bertz CT molecular complexity index is 613. The molecule has 3 amide bonds. The minimum Gasteiger partial charge on any atom is -0.439 e. The fourth-order valence-electron chi connectivity index (χ4n) is 2.82. The molecule has 1 aromatic carbocycles. The van der Waals surface area contributed by atoms with Crippen molar-refractivity contribution in [1.29, 1.82) is 0 Å². The van der Waals surface area contributed by atoms with E-state index in [4.69, 9.17) is 4.74 Å². The van der Waals surface area contributed by atoms with Crippen molar-refractivity contribution >= 4 is 17.9 Å². The van der Waals surface area contributed by atoms with Gasteiger partial charge in [-0.1, -0.05) is 24.3 Å². The third-order valence-corrected chi connectivity index (χ3v) is 3.96. The van der Waals surface area contributed by atoms with Crippen LogP contribution in [0.4, 0.5) is 4.79 Å². The van der Waals surface area contributed by atoms with E-state index in [1.165, 1.54) is 4.90 Å². The number of rotatable bonds is 2. The summed E-state index contributed by atoms with van der Waals surface area (Å²) >= 11 is 0. The van der Waals surface area contributed by atoms with Gasteiger partial charge < -0.3 is 4.74 Å². The average Bonchev–Trinajstić information content (AvgIpc) is 2.81. The highest BCUT2D eigenvalue weighted by molar-refractivity contribution is 6.01. The molecule has 2 heterocycles. The highest BCUT2D eigenvalue weighted by atomic mass is 16.6. The van der Waals surface area contributed by atoms with E-state index in [2.05, 4.69) is 5.32 Å². The zero-order valence-corrected chi connectivity index (χ0v) is 11.7. The molecule has 2 aliphatic rings. The van der Waals surface area contributed by atoms with Gasteiger partial charge in [0.05, 0.1) is 6.54 Å². The molecule has 1 N–H and O–H groups in total. The molecule has 6 nitrogen and oxygen atoms in total. The number of imide groups is 1. The molecule has 3 rings (SSSR count). The molecule has 2 saturated heterocycles. The maximum absolute atomic E-state index is 12.0. The molecule has 2 atom stereocenters. The second-order valence-corrected chi connectivity index (χ2v) is 5.35. The zero-order chi connectivity index (χ0) is 15.0. The van der Waals surface area contributed by atoms with Crippen LogP contribution in [0.2, 0.25) is 0 Å². The number of nitrogens with zero attached hydrogens (tertiary/aromatic N) is 1. The first-order valence-corrected chi connectivity index (χ1v) is 6.92. The van der Waals surface area contributed by atoms with Gasteiger partial charge >= 0.3 is 6.09 Å². The number of carbonyl (C=O) groups excluding carboxylic acids is 3. The molecule has 0 bridgehead atoms. The number of hydrogen-bond acceptors (Lipinski definition) is 4. The van der Waals surface area contributed by atoms with Gasteiger partial charge in [0.15, 0.2) is 0 Å². The van der Waals surface area contributed by atoms with Crippen LogP contribution >= 0.6 is 0 Å². The van der Waals surface area contributed by atoms with Crippen molar-refractivity contribution in [3.8, 4) is 0 Å². The maximum atomic E-state index is 12.0. The van der Waals surface area contributed by atoms with Crippen molar-refractivity contribution in [3.63, 3.8) is 0 Å². The van der Waals surface area contributed by atoms with E-state index in [-0.39, 0.29) is 18.4 Å². The van der Waals surface area contributed by atoms with Crippen LogP contribution in [0, 0.1) is 6.92 Å². The normalized spacial score (nSPS) is 25.8. The number of ether oxygens (including phenoxy) is 1. The number of cyclic esters (lactones) is 1. The van der Waals surface area contributed by atoms with Gasteiger partial charge in [0.25, 0.3) is 0 Å². The summed E-state index contributed by atoms with van der Waals surface area (Å²) in [4.78, 5) is 36.5. The van der Waals surface area contributed by atoms with Crippen molar-refractivity contribution in [3.05, 3.63) is 35.4 Å². The Labute approximate surface area is 122 Å². The molecule has 21 heavy (non-hydrogen) atoms. The molecule has 1 aromatic rings. The van der Waals surface area contributed by atoms with Gasteiger partial charge in [0.2, 0.25) is 11.8 Å². The number of aryl methyl sites for hydroxylation is 1. The Balaban J connectivity index is 1.78. The standard InChI is InChI=1S/C15H16N2O4/c1-9-4-2-3-5-10(9)12-8-17(15(20)21-12)11-6-7-13(18)16-14(11)19/h2-5,11-12H,6-8H2,1H3,(H,16,18,19). The Morgan fingerprint density at radius 1 is 1.24 bits per heavy atom. The molecule has 2 unspecified atom stereocenters. The molecule has 0 aliphatic carbocycles. The number of amides is 3. The van der Waals surface area contributed by atoms with Gasteiger partial charge in [0, 0.05) is 6.42 Å². The number of piperidine rings is 1. The second-order valence-electron chi connectivity index (χ2n) is 5.35. The molecule has 2 fully saturated rings. The second kappa shape index (κ2) is 5.20. The first-order chi connectivity index (χ1) is 10.1. The van der Waals surface area contributed by atoms with Crippen molar-refractivity contribution in [2.24, 2.45) is 0 Å². The Morgan fingerprint density at radius 2 is 2.00 bits per heavy atom. The SMILES string of the molecule is Cc1ccccc1C1CN(C2CCC(=O)NC2=O)C(=O)O1. The van der Waals surface area contributed by atoms with Crippen LogP contribution in [0.3, 0.4) is 0 Å². The summed E-state index contributed by atoms with van der Waals surface area (Å²) in [6.45, 7) is 2.29. The van der Waals surface area contributed by atoms with Crippen molar-refractivity contribution in [1.82, 2.24) is 10.2 Å². The molecule has 6 heteroatoms. The summed E-state index contributed by atoms with van der Waals surface area (Å²) in [6, 6.07) is 7.07. The quantitative estimate of drug-likeness (QED) is 0.832. The van der Waals surface area contributed by atoms with Gasteiger partial charge in [-0.25, -0.2) is 4.79 Å². The van der Waals surface area contributed by atoms with E-state index in [0.717, 1.165) is 11.1 Å². The molecular weight excluding hydrogens is 272 g/mol. The summed E-state index contributed by atoms with van der Waals surface area (Å²) < 4.78 is 5.39. The van der Waals surface area contributed by atoms with Crippen molar-refractivity contribution in [2.45, 2.75) is 31.9 Å². The fraction of sp³-hybridized carbons (Fsp3) is 0.400. The molecule has 0 spiro atoms. The van der Waals surface area contributed by atoms with E-state index >= 15 is 0 Å². The predicted octanol–water partition coefficient (Wildman–Crippen LogP) is 1.29. The lowest BCUT2D eigenvalue weighted by Gasteiger charge is -2.27. The van der Waals surface area contributed by atoms with Crippen LogP contribution in [0.15, 0.2) is 24.3 Å². The van der Waals surface area contributed by atoms with Crippen LogP contribution in [0.25, 0.3) is 0 Å². The van der Waals surface area contributed by atoms with Crippen LogP contribution in [0.5, 0.6) is 0 Å². The highest BCUT2D eigenvalue weighted by Gasteiger charge is 2.42. The monoisotopic (exact) mass is 288 g/mol. The van der Waals surface area contributed by atoms with Crippen molar-refractivity contribution < 1.29 is 19.1 Å². The van der Waals surface area contributed by atoms with Crippen molar-refractivity contribution in [2.75, 3.05) is 6.54 Å². The topological polar surface area (TPSA) is 75.7 Å². The largest absolute Gasteiger partial charge is 0.439 e. The molecule has 0 saturated carbocycles. The van der Waals surface area contributed by atoms with Crippen LogP contribution in [-0.2, 0) is 14.3 Å². The van der Waals surface area contributed by atoms with Gasteiger partial charge in [0.1, 0.15) is 12.1 Å². The van der Waals surface area contributed by atoms with E-state index in [1.54, 1.807) is 0 Å². The summed E-state index contributed by atoms with van der Waals surface area (Å²) in [6.07, 6.45) is -0.281. The van der Waals surface area contributed by atoms with E-state index in [9.17, 15) is 14.4 Å². The molecule has 2 aliphatic heterocycles. The van der Waals surface area contributed by atoms with Crippen LogP contribution in [0.1, 0.15) is 30.1 Å². The third kappa shape index (κ3) is 2.49. The van der Waals surface area contributed by atoms with Gasteiger partial charge in [-0.2, -0.15) is 0 Å². The fourth-order valence-corrected chi connectivity index (χ4v) is 2.82. The number of hydrogen-bond donors (Lipinski definition) is 1. The first-order valence-electron chi connectivity index (χ1n) is 6.92. The molecule has 110 valence electrons. The highest BCUT2D eigenvalue weighted by Crippen LogP contribution is 2.30. The predicted molar refractivity (Wildman–Crippen MR) is 73.3 cm³/mol. The lowest BCUT2D eigenvalue weighted by atomic mass is 10.0. The summed E-state index contributed by atoms with van der Waals surface area (Å²) in [5.74, 6) is -0.715. The lowest BCUT2D eigenvalue weighted by Crippen LogP contribution is -2.52. The van der Waals surface area contributed by atoms with E-state index in [1.807, 2.05) is 31.2 Å². The zero-order valence-electron chi connectivity index (χ0n) is 11.7. The Morgan fingerprint density at radius 3 is 2.71 bits per heavy atom. The van der Waals surface area contributed by atoms with Gasteiger partial charge in [-0.3, -0.25) is 19.8 Å². The number of nitrogens with one attached hydrogen (secondary N) is 1. The van der Waals surface area contributed by atoms with Crippen LogP contribution in [-0.4, -0.2) is 35.4 Å². The van der Waals surface area contributed by atoms with Crippen LogP contribution < -0.4 is 5.32 Å². The summed E-state index contributed by atoms with van der Waals surface area (Å²) in [7, 11) is 0. The Kier molecular flexibility index (Phi) is 3.37. The number of benzene rings is 1. The number of carbonyl (C=O) groups is 3. The van der Waals surface area contributed by atoms with Gasteiger partial charge in [-0.15, -0.1) is 0 Å². The molecule has 0 aromatic heterocycles. The summed E-state index contributed by atoms with van der Waals surface area (Å²) in [5.41, 5.74) is 1.99. The lowest BCUT2D eigenvalue weighted by molar-refractivity contribution is -0.136. The molecule has 0 radical (unpaired) electrons. The van der Waals surface area contributed by atoms with Gasteiger partial charge in [-0.05, 0) is 24.5 Å². The maximum Gasteiger partial charge on any atom is 0.411 e. The minimum absolute atomic E-state index is 0.245. The minimum atomic E-state index is -0.621. The first kappa shape index (κ1) is 13.6. The Hall–Kier alpha value is -2.37.